The van der Waals surface area contributed by atoms with Crippen molar-refractivity contribution in [2.24, 2.45) is 4.99 Å². The number of pyridine rings is 1. The Bertz CT molecular complexity index is 515. The number of amides is 1. The van der Waals surface area contributed by atoms with E-state index in [0.717, 1.165) is 30.7 Å². The Hall–Kier alpha value is -1.91. The lowest BCUT2D eigenvalue weighted by Gasteiger charge is -2.24. The molecule has 0 bridgehead atoms. The lowest BCUT2D eigenvalue weighted by atomic mass is 10.1. The Morgan fingerprint density at radius 3 is 2.60 bits per heavy atom. The van der Waals surface area contributed by atoms with Crippen LogP contribution in [0.25, 0.3) is 0 Å². The Balaban J connectivity index is 2.07. The van der Waals surface area contributed by atoms with Crippen LogP contribution in [0.4, 0.5) is 10.6 Å². The monoisotopic (exact) mass is 275 g/mol. The zero-order chi connectivity index (χ0) is 14.8. The van der Waals surface area contributed by atoms with Gasteiger partial charge in [0.1, 0.15) is 11.4 Å². The van der Waals surface area contributed by atoms with Crippen LogP contribution in [-0.4, -0.2) is 36.0 Å². The fourth-order valence-corrected chi connectivity index (χ4v) is 1.95. The fourth-order valence-electron chi connectivity index (χ4n) is 1.95. The highest BCUT2D eigenvalue weighted by molar-refractivity contribution is 6.01. The van der Waals surface area contributed by atoms with Crippen LogP contribution in [0.1, 0.15) is 39.2 Å². The summed E-state index contributed by atoms with van der Waals surface area (Å²) in [6.45, 7) is 6.42. The summed E-state index contributed by atoms with van der Waals surface area (Å²) in [5.74, 6) is 0.571. The van der Waals surface area contributed by atoms with Crippen molar-refractivity contribution in [3.8, 4) is 0 Å². The van der Waals surface area contributed by atoms with Crippen molar-refractivity contribution >= 4 is 17.6 Å². The van der Waals surface area contributed by atoms with Gasteiger partial charge in [0.2, 0.25) is 0 Å². The summed E-state index contributed by atoms with van der Waals surface area (Å²) in [5.41, 5.74) is 1.62. The molecule has 0 fully saturated rings. The zero-order valence-electron chi connectivity index (χ0n) is 12.5. The number of rotatable bonds is 2. The number of aliphatic imine (C=N–C) groups is 1. The lowest BCUT2D eigenvalue weighted by molar-refractivity contribution is 0.0588. The highest BCUT2D eigenvalue weighted by atomic mass is 16.6. The molecule has 1 aliphatic heterocycles. The molecule has 0 spiro atoms. The molecule has 0 saturated heterocycles. The van der Waals surface area contributed by atoms with Gasteiger partial charge in [-0.3, -0.25) is 9.89 Å². The van der Waals surface area contributed by atoms with Crippen LogP contribution in [0, 0.1) is 0 Å². The number of hydrogen-bond acceptors (Lipinski definition) is 4. The summed E-state index contributed by atoms with van der Waals surface area (Å²) in [4.78, 5) is 22.1. The van der Waals surface area contributed by atoms with E-state index in [1.54, 1.807) is 13.2 Å². The molecule has 20 heavy (non-hydrogen) atoms. The van der Waals surface area contributed by atoms with Crippen molar-refractivity contribution in [1.29, 1.82) is 0 Å². The van der Waals surface area contributed by atoms with Crippen molar-refractivity contribution in [3.63, 3.8) is 0 Å². The lowest BCUT2D eigenvalue weighted by Crippen LogP contribution is -2.34. The van der Waals surface area contributed by atoms with Crippen LogP contribution in [0.3, 0.4) is 0 Å². The molecule has 1 aromatic heterocycles. The Kier molecular flexibility index (Phi) is 4.06. The maximum absolute atomic E-state index is 11.9. The van der Waals surface area contributed by atoms with Gasteiger partial charge in [-0.2, -0.15) is 0 Å². The molecule has 1 aromatic rings. The van der Waals surface area contributed by atoms with Crippen LogP contribution in [0.2, 0.25) is 0 Å². The molecular weight excluding hydrogens is 254 g/mol. The fraction of sp³-hybridized carbons (Fsp3) is 0.533. The summed E-state index contributed by atoms with van der Waals surface area (Å²) in [6, 6.07) is 3.77. The van der Waals surface area contributed by atoms with Gasteiger partial charge < -0.3 is 4.74 Å². The molecule has 0 N–H and O–H groups in total. The Morgan fingerprint density at radius 1 is 1.35 bits per heavy atom. The summed E-state index contributed by atoms with van der Waals surface area (Å²) in [5, 5.41) is 0. The van der Waals surface area contributed by atoms with Crippen molar-refractivity contribution in [2.45, 2.75) is 39.2 Å². The first-order chi connectivity index (χ1) is 9.37. The number of carbonyl (C=O) groups is 1. The molecule has 0 unspecified atom stereocenters. The van der Waals surface area contributed by atoms with E-state index >= 15 is 0 Å². The van der Waals surface area contributed by atoms with E-state index in [1.807, 2.05) is 32.9 Å². The van der Waals surface area contributed by atoms with Crippen molar-refractivity contribution in [1.82, 2.24) is 4.98 Å². The quantitative estimate of drug-likeness (QED) is 0.833. The normalized spacial score (nSPS) is 14.9. The minimum absolute atomic E-state index is 0.407. The second kappa shape index (κ2) is 5.61. The third kappa shape index (κ3) is 3.56. The molecule has 108 valence electrons. The van der Waals surface area contributed by atoms with Crippen LogP contribution in [0.15, 0.2) is 23.3 Å². The van der Waals surface area contributed by atoms with Crippen molar-refractivity contribution in [3.05, 3.63) is 23.9 Å². The molecular formula is C15H21N3O2. The van der Waals surface area contributed by atoms with Gasteiger partial charge in [0.05, 0.1) is 0 Å². The number of aromatic nitrogens is 1. The van der Waals surface area contributed by atoms with Gasteiger partial charge >= 0.3 is 6.09 Å². The standard InChI is InChI=1S/C15H21N3O2/c1-15(2,3)20-14(19)18(4)13-8-7-11(10-17-13)12-6-5-9-16-12/h7-8,10H,5-6,9H2,1-4H3. The molecule has 0 atom stereocenters. The van der Waals surface area contributed by atoms with Gasteiger partial charge in [-0.15, -0.1) is 0 Å². The van der Waals surface area contributed by atoms with Crippen molar-refractivity contribution < 1.29 is 9.53 Å². The number of ether oxygens (including phenoxy) is 1. The van der Waals surface area contributed by atoms with E-state index < -0.39 is 11.7 Å². The van der Waals surface area contributed by atoms with E-state index in [1.165, 1.54) is 4.90 Å². The van der Waals surface area contributed by atoms with Crippen LogP contribution in [-0.2, 0) is 4.74 Å². The minimum atomic E-state index is -0.510. The number of carbonyl (C=O) groups excluding carboxylic acids is 1. The van der Waals surface area contributed by atoms with Crippen LogP contribution < -0.4 is 4.90 Å². The van der Waals surface area contributed by atoms with Crippen LogP contribution in [0.5, 0.6) is 0 Å². The van der Waals surface area contributed by atoms with E-state index in [2.05, 4.69) is 9.98 Å². The number of anilines is 1. The molecule has 1 amide bonds. The predicted octanol–water partition coefficient (Wildman–Crippen LogP) is 3.04. The third-order valence-corrected chi connectivity index (χ3v) is 2.97. The Labute approximate surface area is 119 Å². The highest BCUT2D eigenvalue weighted by Crippen LogP contribution is 2.17. The first-order valence-electron chi connectivity index (χ1n) is 6.83. The smallest absolute Gasteiger partial charge is 0.415 e. The van der Waals surface area contributed by atoms with Crippen LogP contribution >= 0.6 is 0 Å². The molecule has 5 nitrogen and oxygen atoms in total. The van der Waals surface area contributed by atoms with E-state index in [9.17, 15) is 4.79 Å². The van der Waals surface area contributed by atoms with E-state index in [0.29, 0.717) is 5.82 Å². The Morgan fingerprint density at radius 2 is 2.10 bits per heavy atom. The van der Waals surface area contributed by atoms with Crippen molar-refractivity contribution in [2.75, 3.05) is 18.5 Å². The average Bonchev–Trinajstić information content (AvgIpc) is 2.90. The SMILES string of the molecule is CN(C(=O)OC(C)(C)C)c1ccc(C2=NCCC2)cn1. The summed E-state index contributed by atoms with van der Waals surface area (Å²) in [6.07, 6.45) is 3.47. The molecule has 0 saturated carbocycles. The number of nitrogens with zero attached hydrogens (tertiary/aromatic N) is 3. The summed E-state index contributed by atoms with van der Waals surface area (Å²) >= 11 is 0. The molecule has 0 aliphatic carbocycles. The topological polar surface area (TPSA) is 54.8 Å². The molecule has 1 aliphatic rings. The van der Waals surface area contributed by atoms with E-state index in [4.69, 9.17) is 4.74 Å². The van der Waals surface area contributed by atoms with Gasteiger partial charge in [-0.25, -0.2) is 9.78 Å². The van der Waals surface area contributed by atoms with E-state index in [-0.39, 0.29) is 0 Å². The summed E-state index contributed by atoms with van der Waals surface area (Å²) in [7, 11) is 1.66. The van der Waals surface area contributed by atoms with Gasteiger partial charge in [-0.05, 0) is 45.7 Å². The molecule has 0 radical (unpaired) electrons. The maximum atomic E-state index is 11.9. The first-order valence-corrected chi connectivity index (χ1v) is 6.83. The zero-order valence-corrected chi connectivity index (χ0v) is 12.5. The van der Waals surface area contributed by atoms with Gasteiger partial charge in [0.15, 0.2) is 0 Å². The maximum Gasteiger partial charge on any atom is 0.415 e. The third-order valence-electron chi connectivity index (χ3n) is 2.97. The molecule has 5 heteroatoms. The average molecular weight is 275 g/mol. The molecule has 2 rings (SSSR count). The van der Waals surface area contributed by atoms with Gasteiger partial charge in [0, 0.05) is 31.1 Å². The first kappa shape index (κ1) is 14.5. The number of hydrogen-bond donors (Lipinski definition) is 0. The second-order valence-corrected chi connectivity index (χ2v) is 5.88. The largest absolute Gasteiger partial charge is 0.443 e. The molecule has 0 aromatic carbocycles. The second-order valence-electron chi connectivity index (χ2n) is 5.88. The van der Waals surface area contributed by atoms with Gasteiger partial charge in [0.25, 0.3) is 0 Å². The summed E-state index contributed by atoms with van der Waals surface area (Å²) < 4.78 is 5.31. The highest BCUT2D eigenvalue weighted by Gasteiger charge is 2.21. The minimum Gasteiger partial charge on any atom is -0.443 e. The van der Waals surface area contributed by atoms with Gasteiger partial charge in [-0.1, -0.05) is 0 Å². The predicted molar refractivity (Wildman–Crippen MR) is 79.5 cm³/mol. The molecule has 2 heterocycles.